The van der Waals surface area contributed by atoms with Crippen molar-refractivity contribution in [2.75, 3.05) is 19.8 Å². The summed E-state index contributed by atoms with van der Waals surface area (Å²) in [5.74, 6) is -0.332. The third kappa shape index (κ3) is 6.28. The maximum absolute atomic E-state index is 13.6. The lowest BCUT2D eigenvalue weighted by molar-refractivity contribution is -0.140. The van der Waals surface area contributed by atoms with Gasteiger partial charge in [-0.3, -0.25) is 14.5 Å². The Morgan fingerprint density at radius 1 is 1.07 bits per heavy atom. The van der Waals surface area contributed by atoms with Crippen molar-refractivity contribution in [2.45, 2.75) is 33.3 Å². The zero-order chi connectivity index (χ0) is 28.6. The van der Waals surface area contributed by atoms with Gasteiger partial charge in [-0.15, -0.1) is 0 Å². The highest BCUT2D eigenvalue weighted by Crippen LogP contribution is 2.32. The van der Waals surface area contributed by atoms with Crippen molar-refractivity contribution < 1.29 is 19.1 Å². The third-order valence-corrected chi connectivity index (χ3v) is 6.36. The van der Waals surface area contributed by atoms with Crippen molar-refractivity contribution in [3.8, 4) is 28.8 Å². The van der Waals surface area contributed by atoms with Crippen molar-refractivity contribution >= 4 is 17.9 Å². The van der Waals surface area contributed by atoms with Crippen molar-refractivity contribution in [3.63, 3.8) is 0 Å². The molecule has 0 bridgehead atoms. The summed E-state index contributed by atoms with van der Waals surface area (Å²) in [7, 11) is 0. The second kappa shape index (κ2) is 12.9. The monoisotopic (exact) mass is 536 g/mol. The largest absolute Gasteiger partial charge is 0.490 e. The van der Waals surface area contributed by atoms with Gasteiger partial charge in [-0.1, -0.05) is 30.9 Å². The fraction of sp³-hybridized carbons (Fsp3) is 0.250. The molecule has 0 saturated heterocycles. The number of carbonyl (C=O) groups excluding carboxylic acids is 2. The standard InChI is InChI=1S/C32H32N4O4/c1-5-17-40-27-14-12-24(13-15-27)30-25(21-36(34-30)26-10-7-6-8-11-26)19-28-23(4)29(20-33)32(38)35(31(28)37)16-9-18-39-22(2)3/h5-8,10-15,19,21-22H,1,9,16-18H2,2-4H3/b28-19+. The number of rotatable bonds is 11. The zero-order valence-corrected chi connectivity index (χ0v) is 23.0. The molecule has 0 atom stereocenters. The van der Waals surface area contributed by atoms with Gasteiger partial charge in [0.2, 0.25) is 0 Å². The number of amides is 2. The molecule has 0 fully saturated rings. The zero-order valence-electron chi connectivity index (χ0n) is 23.0. The van der Waals surface area contributed by atoms with E-state index in [1.807, 2.05) is 80.7 Å². The maximum Gasteiger partial charge on any atom is 0.271 e. The minimum absolute atomic E-state index is 0.0437. The molecule has 0 saturated carbocycles. The van der Waals surface area contributed by atoms with Gasteiger partial charge in [-0.05, 0) is 75.2 Å². The summed E-state index contributed by atoms with van der Waals surface area (Å²) < 4.78 is 12.9. The molecule has 3 aromatic rings. The quantitative estimate of drug-likeness (QED) is 0.139. The summed E-state index contributed by atoms with van der Waals surface area (Å²) >= 11 is 0. The van der Waals surface area contributed by atoms with E-state index in [2.05, 4.69) is 6.58 Å². The van der Waals surface area contributed by atoms with Crippen LogP contribution in [-0.4, -0.2) is 52.4 Å². The van der Waals surface area contributed by atoms with E-state index < -0.39 is 11.8 Å². The van der Waals surface area contributed by atoms with Crippen molar-refractivity contribution in [2.24, 2.45) is 0 Å². The van der Waals surface area contributed by atoms with E-state index >= 15 is 0 Å². The van der Waals surface area contributed by atoms with Crippen LogP contribution in [0, 0.1) is 11.3 Å². The molecule has 2 heterocycles. The molecule has 0 unspecified atom stereocenters. The van der Waals surface area contributed by atoms with E-state index in [1.165, 1.54) is 0 Å². The van der Waals surface area contributed by atoms with Crippen LogP contribution in [0.3, 0.4) is 0 Å². The summed E-state index contributed by atoms with van der Waals surface area (Å²) in [5.41, 5.74) is 3.55. The smallest absolute Gasteiger partial charge is 0.271 e. The number of hydrogen-bond acceptors (Lipinski definition) is 6. The van der Waals surface area contributed by atoms with E-state index in [9.17, 15) is 14.9 Å². The number of aromatic nitrogens is 2. The van der Waals surface area contributed by atoms with Crippen LogP contribution in [0.25, 0.3) is 23.0 Å². The average molecular weight is 537 g/mol. The molecule has 0 radical (unpaired) electrons. The Kier molecular flexibility index (Phi) is 9.10. The molecule has 1 aromatic heterocycles. The van der Waals surface area contributed by atoms with Gasteiger partial charge < -0.3 is 9.47 Å². The number of benzene rings is 2. The van der Waals surface area contributed by atoms with Gasteiger partial charge in [0.15, 0.2) is 0 Å². The van der Waals surface area contributed by atoms with Gasteiger partial charge in [0.25, 0.3) is 11.8 Å². The molecule has 1 aliphatic heterocycles. The lowest BCUT2D eigenvalue weighted by atomic mass is 9.93. The van der Waals surface area contributed by atoms with Crippen LogP contribution in [0.4, 0.5) is 0 Å². The molecule has 2 amide bonds. The molecule has 0 aliphatic carbocycles. The highest BCUT2D eigenvalue weighted by Gasteiger charge is 2.35. The van der Waals surface area contributed by atoms with Crippen LogP contribution in [0.15, 0.2) is 90.2 Å². The average Bonchev–Trinajstić information content (AvgIpc) is 3.38. The molecule has 1 aliphatic rings. The molecule has 4 rings (SSSR count). The molecule has 40 heavy (non-hydrogen) atoms. The molecule has 8 heteroatoms. The van der Waals surface area contributed by atoms with E-state index in [4.69, 9.17) is 14.6 Å². The summed E-state index contributed by atoms with van der Waals surface area (Å²) in [6.45, 7) is 10.1. The fourth-order valence-corrected chi connectivity index (χ4v) is 4.32. The van der Waals surface area contributed by atoms with E-state index in [-0.39, 0.29) is 23.8 Å². The molecule has 0 N–H and O–H groups in total. The van der Waals surface area contributed by atoms with Crippen LogP contribution in [0.5, 0.6) is 5.75 Å². The number of carbonyl (C=O) groups is 2. The van der Waals surface area contributed by atoms with Crippen LogP contribution >= 0.6 is 0 Å². The van der Waals surface area contributed by atoms with Gasteiger partial charge in [0.05, 0.1) is 17.5 Å². The van der Waals surface area contributed by atoms with Crippen LogP contribution in [-0.2, 0) is 14.3 Å². The Hall–Kier alpha value is -4.74. The molecular weight excluding hydrogens is 504 g/mol. The van der Waals surface area contributed by atoms with Crippen molar-refractivity contribution in [3.05, 3.63) is 95.7 Å². The fourth-order valence-electron chi connectivity index (χ4n) is 4.32. The molecule has 0 spiro atoms. The maximum atomic E-state index is 13.6. The number of para-hydroxylation sites is 1. The Morgan fingerprint density at radius 3 is 2.45 bits per heavy atom. The minimum atomic E-state index is -0.581. The predicted molar refractivity (Wildman–Crippen MR) is 153 cm³/mol. The first-order valence-electron chi connectivity index (χ1n) is 13.1. The third-order valence-electron chi connectivity index (χ3n) is 6.36. The van der Waals surface area contributed by atoms with Crippen LogP contribution in [0.1, 0.15) is 32.8 Å². The first-order chi connectivity index (χ1) is 19.3. The highest BCUT2D eigenvalue weighted by atomic mass is 16.5. The van der Waals surface area contributed by atoms with Gasteiger partial charge in [0, 0.05) is 36.0 Å². The Bertz CT molecular complexity index is 1490. The summed E-state index contributed by atoms with van der Waals surface area (Å²) in [5, 5.41) is 14.6. The van der Waals surface area contributed by atoms with Crippen molar-refractivity contribution in [1.82, 2.24) is 14.7 Å². The minimum Gasteiger partial charge on any atom is -0.490 e. The van der Waals surface area contributed by atoms with Crippen LogP contribution < -0.4 is 4.74 Å². The highest BCUT2D eigenvalue weighted by molar-refractivity contribution is 6.19. The molecule has 2 aromatic carbocycles. The first kappa shape index (κ1) is 28.3. The number of imide groups is 1. The SMILES string of the molecule is C=CCOc1ccc(-c2nn(-c3ccccc3)cc2/C=C2/C(=O)N(CCCOC(C)C)C(=O)C(C#N)=C2C)cc1. The lowest BCUT2D eigenvalue weighted by Crippen LogP contribution is -2.43. The second-order valence-corrected chi connectivity index (χ2v) is 9.54. The van der Waals surface area contributed by atoms with Gasteiger partial charge in [0.1, 0.15) is 24.0 Å². The topological polar surface area (TPSA) is 97.4 Å². The Balaban J connectivity index is 1.77. The van der Waals surface area contributed by atoms with E-state index in [1.54, 1.807) is 23.8 Å². The lowest BCUT2D eigenvalue weighted by Gasteiger charge is -2.27. The van der Waals surface area contributed by atoms with Crippen LogP contribution in [0.2, 0.25) is 0 Å². The van der Waals surface area contributed by atoms with Crippen molar-refractivity contribution in [1.29, 1.82) is 5.26 Å². The predicted octanol–water partition coefficient (Wildman–Crippen LogP) is 5.51. The van der Waals surface area contributed by atoms with Gasteiger partial charge in [-0.25, -0.2) is 4.68 Å². The molecule has 204 valence electrons. The summed E-state index contributed by atoms with van der Waals surface area (Å²) in [6, 6.07) is 19.1. The number of ether oxygens (including phenoxy) is 2. The summed E-state index contributed by atoms with van der Waals surface area (Å²) in [4.78, 5) is 27.8. The molecular formula is C32H32N4O4. The Morgan fingerprint density at radius 2 is 1.80 bits per heavy atom. The number of hydrogen-bond donors (Lipinski definition) is 0. The number of nitrogens with zero attached hydrogens (tertiary/aromatic N) is 4. The van der Waals surface area contributed by atoms with Gasteiger partial charge in [-0.2, -0.15) is 10.4 Å². The summed E-state index contributed by atoms with van der Waals surface area (Å²) in [6.07, 6.45) is 5.74. The molecule has 8 nitrogen and oxygen atoms in total. The van der Waals surface area contributed by atoms with Gasteiger partial charge >= 0.3 is 0 Å². The first-order valence-corrected chi connectivity index (χ1v) is 13.1. The van der Waals surface area contributed by atoms with E-state index in [0.29, 0.717) is 42.2 Å². The normalized spacial score (nSPS) is 14.7. The second-order valence-electron chi connectivity index (χ2n) is 9.54. The van der Waals surface area contributed by atoms with E-state index in [0.717, 1.165) is 16.2 Å². The Labute approximate surface area is 234 Å². The number of nitriles is 1.